The number of halogens is 1. The van der Waals surface area contributed by atoms with E-state index in [1.807, 2.05) is 0 Å². The van der Waals surface area contributed by atoms with Crippen LogP contribution in [0.1, 0.15) is 17.3 Å². The zero-order valence-corrected chi connectivity index (χ0v) is 9.14. The van der Waals surface area contributed by atoms with Gasteiger partial charge in [0, 0.05) is 12.6 Å². The summed E-state index contributed by atoms with van der Waals surface area (Å²) in [4.78, 5) is 21.4. The van der Waals surface area contributed by atoms with Crippen molar-refractivity contribution in [2.24, 2.45) is 5.73 Å². The number of nitro benzene ring substituents is 1. The zero-order chi connectivity index (χ0) is 13.0. The van der Waals surface area contributed by atoms with Gasteiger partial charge in [0.25, 0.3) is 11.6 Å². The zero-order valence-electron chi connectivity index (χ0n) is 9.14. The lowest BCUT2D eigenvalue weighted by molar-refractivity contribution is -0.385. The molecule has 7 heteroatoms. The predicted molar refractivity (Wildman–Crippen MR) is 59.0 cm³/mol. The van der Waals surface area contributed by atoms with E-state index in [-0.39, 0.29) is 18.2 Å². The Morgan fingerprint density at radius 2 is 2.29 bits per heavy atom. The highest BCUT2D eigenvalue weighted by Gasteiger charge is 2.20. The van der Waals surface area contributed by atoms with Gasteiger partial charge in [-0.3, -0.25) is 14.9 Å². The SMILES string of the molecule is CC(N)CNC(=O)c1ccc(F)cc1[N+](=O)[O-]. The van der Waals surface area contributed by atoms with E-state index in [2.05, 4.69) is 5.32 Å². The molecule has 0 spiro atoms. The molecule has 0 bridgehead atoms. The standard InChI is InChI=1S/C10H12FN3O3/c1-6(12)5-13-10(15)8-3-2-7(11)4-9(8)14(16)17/h2-4,6H,5,12H2,1H3,(H,13,15). The van der Waals surface area contributed by atoms with E-state index in [1.165, 1.54) is 0 Å². The number of nitrogens with two attached hydrogens (primary N) is 1. The number of hydrogen-bond donors (Lipinski definition) is 2. The summed E-state index contributed by atoms with van der Waals surface area (Å²) in [6.07, 6.45) is 0. The van der Waals surface area contributed by atoms with Crippen LogP contribution in [0.2, 0.25) is 0 Å². The Morgan fingerprint density at radius 3 is 2.82 bits per heavy atom. The van der Waals surface area contributed by atoms with Crippen molar-refractivity contribution in [2.75, 3.05) is 6.54 Å². The van der Waals surface area contributed by atoms with Crippen molar-refractivity contribution in [3.63, 3.8) is 0 Å². The van der Waals surface area contributed by atoms with Crippen molar-refractivity contribution in [3.05, 3.63) is 39.7 Å². The Balaban J connectivity index is 2.96. The summed E-state index contributed by atoms with van der Waals surface area (Å²) in [5, 5.41) is 13.1. The second-order valence-electron chi connectivity index (χ2n) is 3.61. The molecule has 0 aromatic heterocycles. The lowest BCUT2D eigenvalue weighted by Crippen LogP contribution is -2.35. The first-order valence-corrected chi connectivity index (χ1v) is 4.89. The molecule has 1 atom stereocenters. The van der Waals surface area contributed by atoms with Crippen molar-refractivity contribution in [1.29, 1.82) is 0 Å². The van der Waals surface area contributed by atoms with Gasteiger partial charge in [0.1, 0.15) is 11.4 Å². The first-order valence-electron chi connectivity index (χ1n) is 4.89. The maximum atomic E-state index is 12.8. The van der Waals surface area contributed by atoms with Gasteiger partial charge in [-0.1, -0.05) is 0 Å². The van der Waals surface area contributed by atoms with Gasteiger partial charge >= 0.3 is 0 Å². The highest BCUT2D eigenvalue weighted by atomic mass is 19.1. The molecule has 1 aromatic carbocycles. The average Bonchev–Trinajstić information content (AvgIpc) is 2.25. The monoisotopic (exact) mass is 241 g/mol. The molecule has 1 amide bonds. The molecule has 0 saturated heterocycles. The van der Waals surface area contributed by atoms with Gasteiger partial charge in [-0.25, -0.2) is 4.39 Å². The van der Waals surface area contributed by atoms with Gasteiger partial charge in [0.05, 0.1) is 11.0 Å². The van der Waals surface area contributed by atoms with Crippen LogP contribution >= 0.6 is 0 Å². The molecule has 6 nitrogen and oxygen atoms in total. The topological polar surface area (TPSA) is 98.3 Å². The third-order valence-electron chi connectivity index (χ3n) is 1.99. The fourth-order valence-corrected chi connectivity index (χ4v) is 1.20. The predicted octanol–water partition coefficient (Wildman–Crippen LogP) is 0.811. The molecule has 0 heterocycles. The summed E-state index contributed by atoms with van der Waals surface area (Å²) in [7, 11) is 0. The van der Waals surface area contributed by atoms with Crippen molar-refractivity contribution >= 4 is 11.6 Å². The van der Waals surface area contributed by atoms with Crippen LogP contribution < -0.4 is 11.1 Å². The molecule has 0 fully saturated rings. The normalized spacial score (nSPS) is 11.9. The number of nitrogens with one attached hydrogen (secondary N) is 1. The third kappa shape index (κ3) is 3.49. The van der Waals surface area contributed by atoms with Crippen LogP contribution in [0, 0.1) is 15.9 Å². The second kappa shape index (κ2) is 5.35. The molecule has 0 saturated carbocycles. The maximum Gasteiger partial charge on any atom is 0.285 e. The number of nitrogens with zero attached hydrogens (tertiary/aromatic N) is 1. The number of carbonyl (C=O) groups excluding carboxylic acids is 1. The van der Waals surface area contributed by atoms with Crippen LogP contribution in [-0.2, 0) is 0 Å². The average molecular weight is 241 g/mol. The Morgan fingerprint density at radius 1 is 1.65 bits per heavy atom. The molecule has 17 heavy (non-hydrogen) atoms. The molecular weight excluding hydrogens is 229 g/mol. The second-order valence-corrected chi connectivity index (χ2v) is 3.61. The third-order valence-corrected chi connectivity index (χ3v) is 1.99. The summed E-state index contributed by atoms with van der Waals surface area (Å²) >= 11 is 0. The van der Waals surface area contributed by atoms with E-state index in [0.717, 1.165) is 12.1 Å². The molecule has 0 aliphatic heterocycles. The summed E-state index contributed by atoms with van der Waals surface area (Å²) < 4.78 is 12.8. The number of amides is 1. The molecule has 0 aliphatic carbocycles. The van der Waals surface area contributed by atoms with Crippen molar-refractivity contribution in [2.45, 2.75) is 13.0 Å². The number of rotatable bonds is 4. The van der Waals surface area contributed by atoms with Gasteiger partial charge in [0.15, 0.2) is 0 Å². The quantitative estimate of drug-likeness (QED) is 0.602. The first-order chi connectivity index (χ1) is 7.91. The number of hydrogen-bond acceptors (Lipinski definition) is 4. The van der Waals surface area contributed by atoms with Crippen LogP contribution in [-0.4, -0.2) is 23.4 Å². The Hall–Kier alpha value is -2.02. The minimum atomic E-state index is -0.802. The Bertz CT molecular complexity index is 448. The Kier molecular flexibility index (Phi) is 4.11. The summed E-state index contributed by atoms with van der Waals surface area (Å²) in [6, 6.07) is 2.51. The van der Waals surface area contributed by atoms with Gasteiger partial charge in [-0.15, -0.1) is 0 Å². The number of nitro groups is 1. The van der Waals surface area contributed by atoms with E-state index in [9.17, 15) is 19.3 Å². The molecule has 0 aliphatic rings. The minimum Gasteiger partial charge on any atom is -0.350 e. The van der Waals surface area contributed by atoms with Crippen molar-refractivity contribution in [3.8, 4) is 0 Å². The van der Waals surface area contributed by atoms with E-state index in [1.54, 1.807) is 6.92 Å². The van der Waals surface area contributed by atoms with Crippen molar-refractivity contribution < 1.29 is 14.1 Å². The summed E-state index contributed by atoms with van der Waals surface area (Å²) in [6.45, 7) is 1.87. The van der Waals surface area contributed by atoms with Gasteiger partial charge < -0.3 is 11.1 Å². The molecule has 1 unspecified atom stereocenters. The van der Waals surface area contributed by atoms with Gasteiger partial charge in [0.2, 0.25) is 0 Å². The lowest BCUT2D eigenvalue weighted by atomic mass is 10.1. The van der Waals surface area contributed by atoms with Crippen LogP contribution in [0.25, 0.3) is 0 Å². The molecular formula is C10H12FN3O3. The fraction of sp³-hybridized carbons (Fsp3) is 0.300. The van der Waals surface area contributed by atoms with Gasteiger partial charge in [-0.05, 0) is 19.1 Å². The number of benzene rings is 1. The lowest BCUT2D eigenvalue weighted by Gasteiger charge is -2.07. The van der Waals surface area contributed by atoms with E-state index >= 15 is 0 Å². The molecule has 1 rings (SSSR count). The van der Waals surface area contributed by atoms with E-state index < -0.39 is 22.3 Å². The fourth-order valence-electron chi connectivity index (χ4n) is 1.20. The molecule has 3 N–H and O–H groups in total. The number of carbonyl (C=O) groups is 1. The highest BCUT2D eigenvalue weighted by Crippen LogP contribution is 2.19. The first kappa shape index (κ1) is 13.0. The van der Waals surface area contributed by atoms with Gasteiger partial charge in [-0.2, -0.15) is 0 Å². The van der Waals surface area contributed by atoms with E-state index in [4.69, 9.17) is 5.73 Å². The molecule has 1 aromatic rings. The van der Waals surface area contributed by atoms with E-state index in [0.29, 0.717) is 6.07 Å². The largest absolute Gasteiger partial charge is 0.350 e. The maximum absolute atomic E-state index is 12.8. The van der Waals surface area contributed by atoms with Crippen LogP contribution in [0.3, 0.4) is 0 Å². The van der Waals surface area contributed by atoms with Crippen LogP contribution in [0.5, 0.6) is 0 Å². The molecule has 92 valence electrons. The Labute approximate surface area is 96.8 Å². The molecule has 0 radical (unpaired) electrons. The minimum absolute atomic E-state index is 0.183. The smallest absolute Gasteiger partial charge is 0.285 e. The summed E-state index contributed by atoms with van der Waals surface area (Å²) in [5.41, 5.74) is 4.69. The highest BCUT2D eigenvalue weighted by molar-refractivity contribution is 5.98. The summed E-state index contributed by atoms with van der Waals surface area (Å²) in [5.74, 6) is -1.41. The van der Waals surface area contributed by atoms with Crippen LogP contribution in [0.4, 0.5) is 10.1 Å². The van der Waals surface area contributed by atoms with Crippen molar-refractivity contribution in [1.82, 2.24) is 5.32 Å². The van der Waals surface area contributed by atoms with Crippen LogP contribution in [0.15, 0.2) is 18.2 Å².